The summed E-state index contributed by atoms with van der Waals surface area (Å²) in [6.45, 7) is 4.93. The molecule has 2 rings (SSSR count). The van der Waals surface area contributed by atoms with Crippen molar-refractivity contribution in [3.05, 3.63) is 34.1 Å². The molecule has 0 N–H and O–H groups in total. The molecule has 4 heteroatoms. The molecule has 2 unspecified atom stereocenters. The van der Waals surface area contributed by atoms with Gasteiger partial charge in [0.15, 0.2) is 0 Å². The molecular formula is C13H16BrClFN. The summed E-state index contributed by atoms with van der Waals surface area (Å²) in [7, 11) is 0. The first kappa shape index (κ1) is 13.3. The smallest absolute Gasteiger partial charge is 0.137 e. The Labute approximate surface area is 115 Å². The lowest BCUT2D eigenvalue weighted by Crippen LogP contribution is -2.39. The van der Waals surface area contributed by atoms with Gasteiger partial charge in [0, 0.05) is 18.5 Å². The largest absolute Gasteiger partial charge is 0.299 e. The molecule has 17 heavy (non-hydrogen) atoms. The molecule has 0 spiro atoms. The van der Waals surface area contributed by atoms with Crippen LogP contribution in [0.15, 0.2) is 22.7 Å². The number of hydrogen-bond donors (Lipinski definition) is 0. The van der Waals surface area contributed by atoms with E-state index in [-0.39, 0.29) is 11.2 Å². The van der Waals surface area contributed by atoms with Crippen LogP contribution in [-0.4, -0.2) is 23.4 Å². The average molecular weight is 321 g/mol. The van der Waals surface area contributed by atoms with Crippen LogP contribution >= 0.6 is 27.5 Å². The topological polar surface area (TPSA) is 3.24 Å². The van der Waals surface area contributed by atoms with Gasteiger partial charge < -0.3 is 0 Å². The standard InChI is InChI=1S/C13H16BrClFN/c1-9-7-17(6-5-11(9)15)8-10-3-2-4-12(16)13(10)14/h2-4,9,11H,5-8H2,1H3. The zero-order chi connectivity index (χ0) is 12.4. The summed E-state index contributed by atoms with van der Waals surface area (Å²) < 4.78 is 14.0. The van der Waals surface area contributed by atoms with Crippen LogP contribution in [-0.2, 0) is 6.54 Å². The second kappa shape index (κ2) is 5.68. The van der Waals surface area contributed by atoms with Crippen LogP contribution in [0.3, 0.4) is 0 Å². The summed E-state index contributed by atoms with van der Waals surface area (Å²) in [4.78, 5) is 2.34. The van der Waals surface area contributed by atoms with Crippen molar-refractivity contribution in [1.82, 2.24) is 4.90 Å². The molecule has 0 aromatic heterocycles. The van der Waals surface area contributed by atoms with E-state index in [2.05, 4.69) is 27.8 Å². The number of hydrogen-bond acceptors (Lipinski definition) is 1. The second-order valence-corrected chi connectivity index (χ2v) is 6.08. The van der Waals surface area contributed by atoms with Gasteiger partial charge in [0.25, 0.3) is 0 Å². The molecule has 1 aliphatic rings. The first-order chi connectivity index (χ1) is 8.08. The molecule has 1 nitrogen and oxygen atoms in total. The van der Waals surface area contributed by atoms with Gasteiger partial charge in [-0.1, -0.05) is 19.1 Å². The number of halogens is 3. The predicted octanol–water partition coefficient (Wildman–Crippen LogP) is 4.04. The molecule has 1 aliphatic heterocycles. The van der Waals surface area contributed by atoms with Crippen LogP contribution in [0.25, 0.3) is 0 Å². The van der Waals surface area contributed by atoms with Crippen molar-refractivity contribution in [2.24, 2.45) is 5.92 Å². The van der Waals surface area contributed by atoms with E-state index in [1.54, 1.807) is 6.07 Å². The van der Waals surface area contributed by atoms with E-state index in [4.69, 9.17) is 11.6 Å². The first-order valence-electron chi connectivity index (χ1n) is 5.87. The molecule has 1 fully saturated rings. The van der Waals surface area contributed by atoms with Gasteiger partial charge in [-0.25, -0.2) is 4.39 Å². The summed E-state index contributed by atoms with van der Waals surface area (Å²) >= 11 is 9.50. The Morgan fingerprint density at radius 3 is 3.00 bits per heavy atom. The third-order valence-electron chi connectivity index (χ3n) is 3.31. The van der Waals surface area contributed by atoms with E-state index in [0.29, 0.717) is 10.4 Å². The number of rotatable bonds is 2. The highest BCUT2D eigenvalue weighted by molar-refractivity contribution is 9.10. The third kappa shape index (κ3) is 3.21. The maximum absolute atomic E-state index is 13.4. The maximum atomic E-state index is 13.4. The van der Waals surface area contributed by atoms with Gasteiger partial charge in [-0.3, -0.25) is 4.90 Å². The number of likely N-dealkylation sites (tertiary alicyclic amines) is 1. The SMILES string of the molecule is CC1CN(Cc2cccc(F)c2Br)CCC1Cl. The van der Waals surface area contributed by atoms with Crippen molar-refractivity contribution in [3.8, 4) is 0 Å². The lowest BCUT2D eigenvalue weighted by atomic mass is 9.99. The fraction of sp³-hybridized carbons (Fsp3) is 0.538. The van der Waals surface area contributed by atoms with Gasteiger partial charge in [-0.2, -0.15) is 0 Å². The first-order valence-corrected chi connectivity index (χ1v) is 7.10. The summed E-state index contributed by atoms with van der Waals surface area (Å²) in [5, 5.41) is 0.280. The Hall–Kier alpha value is -0.120. The normalized spacial score (nSPS) is 26.1. The van der Waals surface area contributed by atoms with Crippen LogP contribution in [0.5, 0.6) is 0 Å². The van der Waals surface area contributed by atoms with E-state index in [9.17, 15) is 4.39 Å². The number of benzene rings is 1. The van der Waals surface area contributed by atoms with Crippen molar-refractivity contribution in [2.45, 2.75) is 25.3 Å². The molecule has 0 amide bonds. The Kier molecular flexibility index (Phi) is 4.45. The lowest BCUT2D eigenvalue weighted by molar-refractivity contribution is 0.179. The van der Waals surface area contributed by atoms with Crippen LogP contribution in [0, 0.1) is 11.7 Å². The monoisotopic (exact) mass is 319 g/mol. The molecule has 1 aromatic carbocycles. The average Bonchev–Trinajstić information content (AvgIpc) is 2.30. The molecule has 0 radical (unpaired) electrons. The maximum Gasteiger partial charge on any atom is 0.137 e. The molecular weight excluding hydrogens is 305 g/mol. The Morgan fingerprint density at radius 1 is 1.53 bits per heavy atom. The van der Waals surface area contributed by atoms with Crippen molar-refractivity contribution < 1.29 is 4.39 Å². The van der Waals surface area contributed by atoms with Gasteiger partial charge in [-0.15, -0.1) is 11.6 Å². The molecule has 1 aromatic rings. The summed E-state index contributed by atoms with van der Waals surface area (Å²) in [5.74, 6) is 0.306. The van der Waals surface area contributed by atoms with Crippen LogP contribution < -0.4 is 0 Å². The summed E-state index contributed by atoms with van der Waals surface area (Å²) in [6.07, 6.45) is 1.01. The minimum absolute atomic E-state index is 0.192. The van der Waals surface area contributed by atoms with E-state index in [0.717, 1.165) is 31.6 Å². The fourth-order valence-electron chi connectivity index (χ4n) is 2.26. The molecule has 94 valence electrons. The quantitative estimate of drug-likeness (QED) is 0.744. The molecule has 0 bridgehead atoms. The van der Waals surface area contributed by atoms with Gasteiger partial charge in [0.2, 0.25) is 0 Å². The van der Waals surface area contributed by atoms with Crippen LogP contribution in [0.1, 0.15) is 18.9 Å². The Morgan fingerprint density at radius 2 is 2.29 bits per heavy atom. The van der Waals surface area contributed by atoms with Crippen molar-refractivity contribution in [2.75, 3.05) is 13.1 Å². The molecule has 0 saturated carbocycles. The molecule has 1 heterocycles. The highest BCUT2D eigenvalue weighted by Gasteiger charge is 2.24. The van der Waals surface area contributed by atoms with Crippen LogP contribution in [0.2, 0.25) is 0 Å². The molecule has 1 saturated heterocycles. The molecule has 2 atom stereocenters. The van der Waals surface area contributed by atoms with Gasteiger partial charge in [0.1, 0.15) is 5.82 Å². The number of nitrogens with zero attached hydrogens (tertiary/aromatic N) is 1. The fourth-order valence-corrected chi connectivity index (χ4v) is 2.83. The van der Waals surface area contributed by atoms with Crippen molar-refractivity contribution in [3.63, 3.8) is 0 Å². The predicted molar refractivity (Wildman–Crippen MR) is 72.8 cm³/mol. The zero-order valence-corrected chi connectivity index (χ0v) is 12.1. The Balaban J connectivity index is 2.04. The van der Waals surface area contributed by atoms with Crippen molar-refractivity contribution >= 4 is 27.5 Å². The molecule has 0 aliphatic carbocycles. The van der Waals surface area contributed by atoms with Crippen LogP contribution in [0.4, 0.5) is 4.39 Å². The minimum Gasteiger partial charge on any atom is -0.299 e. The van der Waals surface area contributed by atoms with E-state index >= 15 is 0 Å². The number of piperidine rings is 1. The summed E-state index contributed by atoms with van der Waals surface area (Å²) in [5.41, 5.74) is 1.00. The van der Waals surface area contributed by atoms with Crippen molar-refractivity contribution in [1.29, 1.82) is 0 Å². The van der Waals surface area contributed by atoms with E-state index < -0.39 is 0 Å². The van der Waals surface area contributed by atoms with Gasteiger partial charge >= 0.3 is 0 Å². The number of alkyl halides is 1. The zero-order valence-electron chi connectivity index (χ0n) is 9.80. The lowest BCUT2D eigenvalue weighted by Gasteiger charge is -2.34. The summed E-state index contributed by atoms with van der Waals surface area (Å²) in [6, 6.07) is 5.19. The van der Waals surface area contributed by atoms with E-state index in [1.165, 1.54) is 6.07 Å². The van der Waals surface area contributed by atoms with Gasteiger partial charge in [0.05, 0.1) is 4.47 Å². The van der Waals surface area contributed by atoms with E-state index in [1.807, 2.05) is 6.07 Å². The highest BCUT2D eigenvalue weighted by Crippen LogP contribution is 2.26. The minimum atomic E-state index is -0.192. The highest BCUT2D eigenvalue weighted by atomic mass is 79.9. The second-order valence-electron chi connectivity index (χ2n) is 4.73. The Bertz CT molecular complexity index is 399. The van der Waals surface area contributed by atoms with Gasteiger partial charge in [-0.05, 0) is 46.4 Å². The third-order valence-corrected chi connectivity index (χ3v) is 4.85.